The number of nitrogens with zero attached hydrogens (tertiary/aromatic N) is 1. The molecule has 5 rings (SSSR count). The minimum Gasteiger partial charge on any atom is -0.478 e. The number of hydrogen-bond acceptors (Lipinski definition) is 4. The van der Waals surface area contributed by atoms with E-state index in [2.05, 4.69) is 34.6 Å². The van der Waals surface area contributed by atoms with Crippen molar-refractivity contribution < 1.29 is 14.3 Å². The summed E-state index contributed by atoms with van der Waals surface area (Å²) in [5.74, 6) is 4.93. The molecule has 32 heavy (non-hydrogen) atoms. The van der Waals surface area contributed by atoms with Crippen molar-refractivity contribution in [1.29, 1.82) is 0 Å². The second-order valence-corrected chi connectivity index (χ2v) is 13.2. The highest BCUT2D eigenvalue weighted by Crippen LogP contribution is 2.67. The zero-order chi connectivity index (χ0) is 22.9. The third-order valence-corrected chi connectivity index (χ3v) is 10.8. The molecule has 8 atom stereocenters. The molecule has 1 heterocycles. The lowest BCUT2D eigenvalue weighted by atomic mass is 9.44. The van der Waals surface area contributed by atoms with E-state index in [4.69, 9.17) is 9.73 Å². The van der Waals surface area contributed by atoms with Gasteiger partial charge in [-0.1, -0.05) is 20.8 Å². The largest absolute Gasteiger partial charge is 0.478 e. The van der Waals surface area contributed by atoms with Crippen LogP contribution in [0, 0.1) is 46.3 Å². The van der Waals surface area contributed by atoms with Crippen LogP contribution in [0.5, 0.6) is 0 Å². The second kappa shape index (κ2) is 7.67. The SMILES string of the molecule is C[C@H](CCC1=NC(C)(C)CO1)[C@H]1CC[C@H]2[C@@H]3CC[C@@H]4CC(=O)CC[C@]4(C)[C@H]3C(=O)C[C@]12C. The van der Waals surface area contributed by atoms with Gasteiger partial charge in [0, 0.05) is 31.6 Å². The molecule has 0 aromatic carbocycles. The first kappa shape index (κ1) is 22.6. The van der Waals surface area contributed by atoms with Crippen LogP contribution in [-0.4, -0.2) is 29.6 Å². The van der Waals surface area contributed by atoms with Crippen LogP contribution in [0.25, 0.3) is 0 Å². The molecule has 0 N–H and O–H groups in total. The Morgan fingerprint density at radius 1 is 1.06 bits per heavy atom. The summed E-state index contributed by atoms with van der Waals surface area (Å²) >= 11 is 0. The molecule has 5 aliphatic rings. The van der Waals surface area contributed by atoms with Crippen LogP contribution >= 0.6 is 0 Å². The van der Waals surface area contributed by atoms with Crippen molar-refractivity contribution >= 4 is 17.5 Å². The maximum atomic E-state index is 13.8. The van der Waals surface area contributed by atoms with Gasteiger partial charge >= 0.3 is 0 Å². The van der Waals surface area contributed by atoms with Gasteiger partial charge in [0.15, 0.2) is 5.90 Å². The van der Waals surface area contributed by atoms with E-state index in [-0.39, 0.29) is 22.3 Å². The van der Waals surface area contributed by atoms with Gasteiger partial charge < -0.3 is 4.74 Å². The highest BCUT2D eigenvalue weighted by molar-refractivity contribution is 5.85. The predicted molar refractivity (Wildman–Crippen MR) is 126 cm³/mol. The molecule has 4 saturated carbocycles. The fourth-order valence-electron chi connectivity index (χ4n) is 9.17. The normalized spacial score (nSPS) is 46.0. The molecule has 4 heteroatoms. The van der Waals surface area contributed by atoms with Crippen molar-refractivity contribution in [2.75, 3.05) is 6.61 Å². The Bertz CT molecular complexity index is 831. The molecule has 0 spiro atoms. The van der Waals surface area contributed by atoms with E-state index < -0.39 is 0 Å². The van der Waals surface area contributed by atoms with Gasteiger partial charge in [-0.05, 0) is 92.8 Å². The van der Waals surface area contributed by atoms with E-state index in [0.29, 0.717) is 54.2 Å². The van der Waals surface area contributed by atoms with Crippen LogP contribution in [-0.2, 0) is 14.3 Å². The van der Waals surface area contributed by atoms with Crippen LogP contribution in [0.3, 0.4) is 0 Å². The quantitative estimate of drug-likeness (QED) is 0.536. The molecule has 178 valence electrons. The highest BCUT2D eigenvalue weighted by atomic mass is 16.5. The Morgan fingerprint density at radius 3 is 2.56 bits per heavy atom. The van der Waals surface area contributed by atoms with Crippen LogP contribution in [0.4, 0.5) is 0 Å². The summed E-state index contributed by atoms with van der Waals surface area (Å²) in [5.41, 5.74) is 0.124. The Labute approximate surface area is 194 Å². The second-order valence-electron chi connectivity index (χ2n) is 13.2. The first-order valence-corrected chi connectivity index (χ1v) is 13.3. The van der Waals surface area contributed by atoms with Gasteiger partial charge in [-0.15, -0.1) is 0 Å². The van der Waals surface area contributed by atoms with E-state index >= 15 is 0 Å². The molecule has 4 fully saturated rings. The van der Waals surface area contributed by atoms with Crippen molar-refractivity contribution in [3.8, 4) is 0 Å². The molecular formula is C28H43NO3. The van der Waals surface area contributed by atoms with Crippen LogP contribution in [0.1, 0.15) is 98.8 Å². The zero-order valence-electron chi connectivity index (χ0n) is 20.9. The van der Waals surface area contributed by atoms with Crippen molar-refractivity contribution in [2.45, 2.75) is 104 Å². The number of ether oxygens (including phenoxy) is 1. The van der Waals surface area contributed by atoms with Gasteiger partial charge in [0.25, 0.3) is 0 Å². The molecule has 1 aliphatic heterocycles. The van der Waals surface area contributed by atoms with Crippen molar-refractivity contribution in [2.24, 2.45) is 51.3 Å². The third-order valence-electron chi connectivity index (χ3n) is 10.8. The number of rotatable bonds is 4. The highest BCUT2D eigenvalue weighted by Gasteiger charge is 2.63. The number of carbonyl (C=O) groups excluding carboxylic acids is 2. The van der Waals surface area contributed by atoms with E-state index in [0.717, 1.165) is 50.8 Å². The Kier molecular flexibility index (Phi) is 5.41. The van der Waals surface area contributed by atoms with Crippen LogP contribution in [0.15, 0.2) is 4.99 Å². The number of Topliss-reactive ketones (excluding diaryl/α,β-unsaturated/α-hetero) is 2. The van der Waals surface area contributed by atoms with Crippen molar-refractivity contribution in [1.82, 2.24) is 0 Å². The standard InChI is InChI=1S/C28H43NO3/c1-17(6-11-24-29-26(2,3)16-32-24)21-9-10-22-20-8-7-18-14-19(30)12-13-27(18,4)25(20)23(31)15-28(21,22)5/h17-18,20-22,25H,6-16H2,1-5H3/t17-,18-,20+,21-,22+,25-,27+,28-/m1/s1. The maximum Gasteiger partial charge on any atom is 0.183 e. The summed E-state index contributed by atoms with van der Waals surface area (Å²) in [5, 5.41) is 0. The first-order chi connectivity index (χ1) is 15.0. The molecule has 0 radical (unpaired) electrons. The molecule has 4 aliphatic carbocycles. The monoisotopic (exact) mass is 441 g/mol. The number of fused-ring (bicyclic) bond motifs is 5. The molecule has 0 saturated heterocycles. The lowest BCUT2D eigenvalue weighted by molar-refractivity contribution is -0.161. The Balaban J connectivity index is 1.32. The molecule has 0 amide bonds. The molecule has 0 unspecified atom stereocenters. The van der Waals surface area contributed by atoms with Gasteiger partial charge in [-0.2, -0.15) is 0 Å². The summed E-state index contributed by atoms with van der Waals surface area (Å²) in [4.78, 5) is 30.7. The summed E-state index contributed by atoms with van der Waals surface area (Å²) in [7, 11) is 0. The van der Waals surface area contributed by atoms with Gasteiger partial charge in [-0.25, -0.2) is 4.99 Å². The topological polar surface area (TPSA) is 55.7 Å². The zero-order valence-corrected chi connectivity index (χ0v) is 20.9. The summed E-state index contributed by atoms with van der Waals surface area (Å²) in [6.45, 7) is 12.2. The van der Waals surface area contributed by atoms with Gasteiger partial charge in [-0.3, -0.25) is 9.59 Å². The lowest BCUT2D eigenvalue weighted by Gasteiger charge is -2.59. The fourth-order valence-corrected chi connectivity index (χ4v) is 9.17. The molecular weight excluding hydrogens is 398 g/mol. The van der Waals surface area contributed by atoms with Crippen molar-refractivity contribution in [3.63, 3.8) is 0 Å². The molecule has 0 aromatic rings. The maximum absolute atomic E-state index is 13.8. The Hall–Kier alpha value is -1.19. The summed E-state index contributed by atoms with van der Waals surface area (Å²) < 4.78 is 5.84. The predicted octanol–water partition coefficient (Wildman–Crippen LogP) is 6.02. The lowest BCUT2D eigenvalue weighted by Crippen LogP contribution is -2.57. The third kappa shape index (κ3) is 3.50. The van der Waals surface area contributed by atoms with Crippen molar-refractivity contribution in [3.05, 3.63) is 0 Å². The Morgan fingerprint density at radius 2 is 1.84 bits per heavy atom. The summed E-state index contributed by atoms with van der Waals surface area (Å²) in [6.07, 6.45) is 9.98. The molecule has 0 bridgehead atoms. The van der Waals surface area contributed by atoms with Gasteiger partial charge in [0.05, 0.1) is 5.54 Å². The minimum absolute atomic E-state index is 0.0592. The molecule has 4 nitrogen and oxygen atoms in total. The molecule has 0 aromatic heterocycles. The van der Waals surface area contributed by atoms with Gasteiger partial charge in [0.1, 0.15) is 18.2 Å². The smallest absolute Gasteiger partial charge is 0.183 e. The number of aliphatic imine (C=N–C) groups is 1. The number of hydrogen-bond donors (Lipinski definition) is 0. The number of ketones is 2. The fraction of sp³-hybridized carbons (Fsp3) is 0.893. The average molecular weight is 442 g/mol. The van der Waals surface area contributed by atoms with E-state index in [1.807, 2.05) is 0 Å². The summed E-state index contributed by atoms with van der Waals surface area (Å²) in [6, 6.07) is 0. The average Bonchev–Trinajstić information content (AvgIpc) is 3.24. The minimum atomic E-state index is -0.0769. The number of carbonyl (C=O) groups is 2. The van der Waals surface area contributed by atoms with E-state index in [1.165, 1.54) is 12.8 Å². The van der Waals surface area contributed by atoms with Gasteiger partial charge in [0.2, 0.25) is 0 Å². The van der Waals surface area contributed by atoms with E-state index in [1.54, 1.807) is 0 Å². The first-order valence-electron chi connectivity index (χ1n) is 13.3. The van der Waals surface area contributed by atoms with Crippen LogP contribution in [0.2, 0.25) is 0 Å². The van der Waals surface area contributed by atoms with Crippen LogP contribution < -0.4 is 0 Å². The van der Waals surface area contributed by atoms with E-state index in [9.17, 15) is 9.59 Å².